The fourth-order valence-electron chi connectivity index (χ4n) is 2.60. The molecular formula is C14H21BrN2O. The van der Waals surface area contributed by atoms with Crippen LogP contribution < -0.4 is 11.1 Å². The highest BCUT2D eigenvalue weighted by molar-refractivity contribution is 9.10. The predicted molar refractivity (Wildman–Crippen MR) is 78.4 cm³/mol. The van der Waals surface area contributed by atoms with Gasteiger partial charge in [-0.1, -0.05) is 29.8 Å². The van der Waals surface area contributed by atoms with Crippen molar-refractivity contribution in [2.24, 2.45) is 5.41 Å². The van der Waals surface area contributed by atoms with Crippen molar-refractivity contribution in [2.45, 2.75) is 39.0 Å². The summed E-state index contributed by atoms with van der Waals surface area (Å²) in [4.78, 5) is 0. The summed E-state index contributed by atoms with van der Waals surface area (Å²) in [5.74, 6) is 0. The van der Waals surface area contributed by atoms with Crippen molar-refractivity contribution in [2.75, 3.05) is 12.8 Å². The molecule has 2 unspecified atom stereocenters. The maximum Gasteiger partial charge on any atom is 0.0652 e. The average molecular weight is 313 g/mol. The second-order valence-corrected chi connectivity index (χ2v) is 6.42. The maximum absolute atomic E-state index is 5.81. The molecule has 3 nitrogen and oxygen atoms in total. The minimum Gasteiger partial charge on any atom is -0.399 e. The summed E-state index contributed by atoms with van der Waals surface area (Å²) in [6, 6.07) is 6.41. The van der Waals surface area contributed by atoms with Crippen LogP contribution in [0.15, 0.2) is 22.7 Å². The summed E-state index contributed by atoms with van der Waals surface area (Å²) in [7, 11) is 1.79. The monoisotopic (exact) mass is 312 g/mol. The first kappa shape index (κ1) is 13.8. The van der Waals surface area contributed by atoms with Crippen LogP contribution in [0.2, 0.25) is 0 Å². The van der Waals surface area contributed by atoms with Crippen LogP contribution in [0.4, 0.5) is 5.69 Å². The van der Waals surface area contributed by atoms with Gasteiger partial charge in [0.15, 0.2) is 0 Å². The molecule has 0 heterocycles. The van der Waals surface area contributed by atoms with Crippen molar-refractivity contribution in [3.05, 3.63) is 28.2 Å². The number of hydrogen-bond donors (Lipinski definition) is 2. The van der Waals surface area contributed by atoms with Crippen molar-refractivity contribution in [3.8, 4) is 0 Å². The number of ether oxygens (including phenoxy) is 1. The van der Waals surface area contributed by atoms with Gasteiger partial charge in [0.25, 0.3) is 0 Å². The van der Waals surface area contributed by atoms with Gasteiger partial charge in [-0.05, 0) is 30.2 Å². The molecule has 18 heavy (non-hydrogen) atoms. The van der Waals surface area contributed by atoms with E-state index in [0.717, 1.165) is 23.1 Å². The lowest BCUT2D eigenvalue weighted by Gasteiger charge is -2.51. The zero-order valence-corrected chi connectivity index (χ0v) is 12.8. The lowest BCUT2D eigenvalue weighted by Crippen LogP contribution is -2.60. The Labute approximate surface area is 117 Å². The van der Waals surface area contributed by atoms with Crippen LogP contribution in [0, 0.1) is 5.41 Å². The first-order valence-electron chi connectivity index (χ1n) is 6.25. The molecule has 1 aliphatic rings. The van der Waals surface area contributed by atoms with E-state index in [0.29, 0.717) is 12.1 Å². The first-order chi connectivity index (χ1) is 8.45. The SMILES string of the molecule is COC1CC(NCc2cc(N)ccc2Br)C1(C)C. The molecule has 3 N–H and O–H groups in total. The van der Waals surface area contributed by atoms with Crippen LogP contribution in [-0.4, -0.2) is 19.3 Å². The molecule has 1 aromatic rings. The van der Waals surface area contributed by atoms with Crippen molar-refractivity contribution < 1.29 is 4.74 Å². The van der Waals surface area contributed by atoms with E-state index < -0.39 is 0 Å². The Morgan fingerprint density at radius 1 is 1.50 bits per heavy atom. The summed E-state index contributed by atoms with van der Waals surface area (Å²) >= 11 is 3.55. The van der Waals surface area contributed by atoms with Crippen LogP contribution in [0.1, 0.15) is 25.8 Å². The molecule has 1 fully saturated rings. The summed E-state index contributed by atoms with van der Waals surface area (Å²) < 4.78 is 6.56. The summed E-state index contributed by atoms with van der Waals surface area (Å²) in [6.07, 6.45) is 1.43. The average Bonchev–Trinajstić information content (AvgIpc) is 2.32. The lowest BCUT2D eigenvalue weighted by molar-refractivity contribution is -0.0979. The van der Waals surface area contributed by atoms with Crippen LogP contribution in [0.3, 0.4) is 0 Å². The third-order valence-electron chi connectivity index (χ3n) is 4.07. The van der Waals surface area contributed by atoms with E-state index in [9.17, 15) is 0 Å². The minimum atomic E-state index is 0.196. The topological polar surface area (TPSA) is 47.3 Å². The summed E-state index contributed by atoms with van der Waals surface area (Å²) in [6.45, 7) is 5.32. The van der Waals surface area contributed by atoms with Gasteiger partial charge in [0.2, 0.25) is 0 Å². The number of halogens is 1. The molecule has 2 rings (SSSR count). The molecule has 0 aliphatic heterocycles. The first-order valence-corrected chi connectivity index (χ1v) is 7.04. The van der Waals surface area contributed by atoms with Crippen molar-refractivity contribution in [1.29, 1.82) is 0 Å². The van der Waals surface area contributed by atoms with E-state index in [2.05, 4.69) is 35.1 Å². The zero-order valence-electron chi connectivity index (χ0n) is 11.2. The molecule has 0 radical (unpaired) electrons. The van der Waals surface area contributed by atoms with E-state index in [1.807, 2.05) is 18.2 Å². The van der Waals surface area contributed by atoms with E-state index in [-0.39, 0.29) is 5.41 Å². The molecule has 4 heteroatoms. The number of methoxy groups -OCH3 is 1. The number of anilines is 1. The summed E-state index contributed by atoms with van der Waals surface area (Å²) in [5.41, 5.74) is 8.01. The quantitative estimate of drug-likeness (QED) is 0.840. The Morgan fingerprint density at radius 2 is 2.22 bits per heavy atom. The number of nitrogens with two attached hydrogens (primary N) is 1. The number of nitrogens with one attached hydrogen (secondary N) is 1. The van der Waals surface area contributed by atoms with Gasteiger partial charge in [-0.2, -0.15) is 0 Å². The van der Waals surface area contributed by atoms with Gasteiger partial charge in [0.1, 0.15) is 0 Å². The fraction of sp³-hybridized carbons (Fsp3) is 0.571. The zero-order chi connectivity index (χ0) is 13.3. The highest BCUT2D eigenvalue weighted by atomic mass is 79.9. The predicted octanol–water partition coefficient (Wildman–Crippen LogP) is 2.93. The second-order valence-electron chi connectivity index (χ2n) is 5.57. The number of nitrogen functional groups attached to an aromatic ring is 1. The van der Waals surface area contributed by atoms with Gasteiger partial charge >= 0.3 is 0 Å². The van der Waals surface area contributed by atoms with Crippen LogP contribution >= 0.6 is 15.9 Å². The van der Waals surface area contributed by atoms with Gasteiger partial charge in [-0.25, -0.2) is 0 Å². The molecule has 1 saturated carbocycles. The normalized spacial score (nSPS) is 25.8. The van der Waals surface area contributed by atoms with Gasteiger partial charge in [-0.15, -0.1) is 0 Å². The third-order valence-corrected chi connectivity index (χ3v) is 4.84. The van der Waals surface area contributed by atoms with Gasteiger partial charge in [0, 0.05) is 35.3 Å². The van der Waals surface area contributed by atoms with Gasteiger partial charge in [-0.3, -0.25) is 0 Å². The Morgan fingerprint density at radius 3 is 2.83 bits per heavy atom. The maximum atomic E-state index is 5.81. The van der Waals surface area contributed by atoms with Crippen molar-refractivity contribution in [3.63, 3.8) is 0 Å². The Kier molecular flexibility index (Phi) is 3.99. The number of rotatable bonds is 4. The lowest BCUT2D eigenvalue weighted by atomic mass is 9.64. The van der Waals surface area contributed by atoms with E-state index >= 15 is 0 Å². The molecular weight excluding hydrogens is 292 g/mol. The number of hydrogen-bond acceptors (Lipinski definition) is 3. The molecule has 0 bridgehead atoms. The molecule has 1 aromatic carbocycles. The summed E-state index contributed by atoms with van der Waals surface area (Å²) in [5, 5.41) is 3.59. The van der Waals surface area contributed by atoms with Crippen molar-refractivity contribution >= 4 is 21.6 Å². The highest BCUT2D eigenvalue weighted by Crippen LogP contribution is 2.42. The van der Waals surface area contributed by atoms with Crippen LogP contribution in [0.25, 0.3) is 0 Å². The smallest absolute Gasteiger partial charge is 0.0652 e. The van der Waals surface area contributed by atoms with Crippen molar-refractivity contribution in [1.82, 2.24) is 5.32 Å². The fourth-order valence-corrected chi connectivity index (χ4v) is 2.98. The second kappa shape index (κ2) is 5.19. The van der Waals surface area contributed by atoms with Gasteiger partial charge in [0.05, 0.1) is 6.10 Å². The molecule has 0 aromatic heterocycles. The van der Waals surface area contributed by atoms with Crippen LogP contribution in [-0.2, 0) is 11.3 Å². The Hall–Kier alpha value is -0.580. The standard InChI is InChI=1S/C14H21BrN2O/c1-14(2)12(7-13(14)18-3)17-8-9-6-10(16)4-5-11(9)15/h4-6,12-13,17H,7-8,16H2,1-3H3. The molecule has 0 spiro atoms. The molecule has 0 saturated heterocycles. The molecule has 2 atom stereocenters. The van der Waals surface area contributed by atoms with E-state index in [1.165, 1.54) is 5.56 Å². The Balaban J connectivity index is 1.95. The molecule has 0 amide bonds. The van der Waals surface area contributed by atoms with Gasteiger partial charge < -0.3 is 15.8 Å². The largest absolute Gasteiger partial charge is 0.399 e. The van der Waals surface area contributed by atoms with E-state index in [1.54, 1.807) is 7.11 Å². The minimum absolute atomic E-state index is 0.196. The van der Waals surface area contributed by atoms with E-state index in [4.69, 9.17) is 10.5 Å². The number of benzene rings is 1. The Bertz CT molecular complexity index is 434. The molecule has 1 aliphatic carbocycles. The third kappa shape index (κ3) is 2.56. The highest BCUT2D eigenvalue weighted by Gasteiger charge is 2.48. The van der Waals surface area contributed by atoms with Crippen LogP contribution in [0.5, 0.6) is 0 Å². The molecule has 100 valence electrons.